The zero-order chi connectivity index (χ0) is 5.45. The predicted octanol–water partition coefficient (Wildman–Crippen LogP) is -0.481. The van der Waals surface area contributed by atoms with Crippen LogP contribution >= 0.6 is 7.28 Å². The Hall–Kier alpha value is 1.05. The molecule has 0 atom stereocenters. The van der Waals surface area contributed by atoms with Crippen molar-refractivity contribution in [3.63, 3.8) is 0 Å². The van der Waals surface area contributed by atoms with E-state index in [1.54, 1.807) is 0 Å². The Morgan fingerprint density at radius 2 is 1.00 bits per heavy atom. The summed E-state index contributed by atoms with van der Waals surface area (Å²) in [7, 11) is -4.05. The largest absolute Gasteiger partial charge is 0 e. The summed E-state index contributed by atoms with van der Waals surface area (Å²) in [5, 5.41) is 0. The van der Waals surface area contributed by atoms with Gasteiger partial charge in [-0.05, 0) is 0 Å². The van der Waals surface area contributed by atoms with Crippen LogP contribution in [0.1, 0.15) is 0 Å². The fourth-order valence-electron chi connectivity index (χ4n) is 0. The molecule has 0 aliphatic rings. The van der Waals surface area contributed by atoms with Gasteiger partial charge in [0.25, 0.3) is 0 Å². The molecule has 0 saturated carbocycles. The zero-order valence-electron chi connectivity index (χ0n) is 4.09. The average Bonchev–Trinajstić information content (AvgIpc) is 0.650. The Kier molecular flexibility index (Phi) is 3.30. The maximum absolute atomic E-state index is 8.23. The maximum Gasteiger partial charge on any atom is 0 e. The van der Waals surface area contributed by atoms with Crippen LogP contribution in [0.4, 0.5) is 0 Å². The third kappa shape index (κ3) is 163. The third-order valence-corrected chi connectivity index (χ3v) is 0. The molecule has 0 rings (SSSR count). The van der Waals surface area contributed by atoms with E-state index in [0.717, 1.165) is 13.3 Å². The van der Waals surface area contributed by atoms with Crippen molar-refractivity contribution in [1.82, 2.24) is 0 Å². The summed E-state index contributed by atoms with van der Waals surface area (Å²) in [6.45, 7) is 2.01. The minimum Gasteiger partial charge on any atom is 0 e. The van der Waals surface area contributed by atoms with Crippen LogP contribution < -0.4 is 0 Å². The Labute approximate surface area is 58.0 Å². The van der Waals surface area contributed by atoms with Crippen molar-refractivity contribution in [2.45, 2.75) is 0 Å². The molecule has 0 spiro atoms. The molecule has 0 aromatic carbocycles. The van der Waals surface area contributed by atoms with Crippen molar-refractivity contribution in [3.05, 3.63) is 0 Å². The van der Waals surface area contributed by atoms with Crippen molar-refractivity contribution in [1.29, 1.82) is 0 Å². The van der Waals surface area contributed by atoms with E-state index in [1.165, 1.54) is 0 Å². The molecule has 0 saturated heterocycles. The molecule has 0 heterocycles. The van der Waals surface area contributed by atoms with Gasteiger partial charge < -0.3 is 0 Å². The van der Waals surface area contributed by atoms with Crippen LogP contribution in [0.5, 0.6) is 0 Å². The zero-order valence-corrected chi connectivity index (χ0v) is 6.47. The van der Waals surface area contributed by atoms with Crippen molar-refractivity contribution in [3.8, 4) is 0 Å². The molecule has 0 aromatic rings. The predicted molar refractivity (Wildman–Crippen MR) is 25.4 cm³/mol. The van der Waals surface area contributed by atoms with Gasteiger partial charge in [0, 0.05) is 22.4 Å². The Balaban J connectivity index is 0. The summed E-state index contributed by atoms with van der Waals surface area (Å²) in [6.07, 6.45) is 0. The first-order chi connectivity index (χ1) is 2.24. The second-order valence-electron chi connectivity index (χ2n) is 1.92. The van der Waals surface area contributed by atoms with Crippen molar-refractivity contribution in [2.75, 3.05) is 13.3 Å². The second-order valence-corrected chi connectivity index (χ2v) is 5.75. The smallest absolute Gasteiger partial charge is 0 e. The molecule has 0 unspecified atom stereocenters. The summed E-state index contributed by atoms with van der Waals surface area (Å²) >= 11 is 0. The van der Waals surface area contributed by atoms with Gasteiger partial charge in [0.05, 0.1) is 0 Å². The Morgan fingerprint density at radius 3 is 1.00 bits per heavy atom. The van der Waals surface area contributed by atoms with Crippen molar-refractivity contribution >= 4 is 7.28 Å². The molecule has 0 aromatic heterocycles. The quantitative estimate of drug-likeness (QED) is 0.381. The van der Waals surface area contributed by atoms with Gasteiger partial charge in [-0.3, -0.25) is 0 Å². The summed E-state index contributed by atoms with van der Waals surface area (Å²) in [5.41, 5.74) is 0. The van der Waals surface area contributed by atoms with Gasteiger partial charge in [-0.15, -0.1) is 0 Å². The topological polar surface area (TPSA) is 60.7 Å². The van der Waals surface area contributed by atoms with Gasteiger partial charge in [-0.2, -0.15) is 0 Å². The van der Waals surface area contributed by atoms with E-state index in [2.05, 4.69) is 0 Å². The van der Waals surface area contributed by atoms with Crippen molar-refractivity contribution < 1.29 is 37.1 Å². The van der Waals surface area contributed by atoms with Crippen LogP contribution in [0, 0.1) is 0 Å². The molecular formula is C2H9AgO3P. The first kappa shape index (κ1) is 10.9. The molecule has 7 heavy (non-hydrogen) atoms. The normalized spacial score (nSPS) is 16.4. The molecule has 0 aliphatic carbocycles. The SMILES string of the molecule is CP(C)(O)(O)O.[Ag]. The molecule has 0 bridgehead atoms. The van der Waals surface area contributed by atoms with Gasteiger partial charge in [0.2, 0.25) is 0 Å². The van der Waals surface area contributed by atoms with E-state index in [1.807, 2.05) is 0 Å². The second kappa shape index (κ2) is 2.11. The first-order valence-electron chi connectivity index (χ1n) is 1.49. The molecule has 3 nitrogen and oxygen atoms in total. The summed E-state index contributed by atoms with van der Waals surface area (Å²) in [5.74, 6) is 0. The van der Waals surface area contributed by atoms with Gasteiger partial charge in [0.15, 0.2) is 0 Å². The van der Waals surface area contributed by atoms with E-state index in [0.29, 0.717) is 0 Å². The molecule has 1 radical (unpaired) electrons. The minimum atomic E-state index is -4.05. The number of hydrogen-bond acceptors (Lipinski definition) is 3. The van der Waals surface area contributed by atoms with Crippen LogP contribution in [0.25, 0.3) is 0 Å². The Bertz CT molecular complexity index is 46.1. The van der Waals surface area contributed by atoms with E-state index in [-0.39, 0.29) is 22.4 Å². The molecule has 0 aliphatic heterocycles. The van der Waals surface area contributed by atoms with Gasteiger partial charge in [-0.25, -0.2) is 0 Å². The summed E-state index contributed by atoms with van der Waals surface area (Å²) in [4.78, 5) is 24.7. The first-order valence-corrected chi connectivity index (χ1v) is 4.48. The van der Waals surface area contributed by atoms with E-state index in [4.69, 9.17) is 14.7 Å². The van der Waals surface area contributed by atoms with Crippen LogP contribution in [-0.2, 0) is 22.4 Å². The number of rotatable bonds is 0. The summed E-state index contributed by atoms with van der Waals surface area (Å²) < 4.78 is 0. The summed E-state index contributed by atoms with van der Waals surface area (Å²) in [6, 6.07) is 0. The third-order valence-electron chi connectivity index (χ3n) is 0. The fraction of sp³-hybridized carbons (Fsp3) is 1.00. The van der Waals surface area contributed by atoms with Gasteiger partial charge in [0.1, 0.15) is 0 Å². The Morgan fingerprint density at radius 1 is 1.00 bits per heavy atom. The minimum absolute atomic E-state index is 0. The molecule has 0 fully saturated rings. The van der Waals surface area contributed by atoms with Gasteiger partial charge in [-0.1, -0.05) is 0 Å². The molecule has 5 heteroatoms. The molecular weight excluding hydrogens is 211 g/mol. The molecule has 0 amide bonds. The monoisotopic (exact) mass is 219 g/mol. The fourth-order valence-corrected chi connectivity index (χ4v) is 0. The van der Waals surface area contributed by atoms with Crippen LogP contribution in [0.2, 0.25) is 0 Å². The standard InChI is InChI=1S/C2H9O3P.Ag/c1-6(2,3,4)5;/h3-5H,1-2H3;. The molecule has 51 valence electrons. The number of hydrogen-bond donors (Lipinski definition) is 3. The average molecular weight is 220 g/mol. The molecule has 3 N–H and O–H groups in total. The van der Waals surface area contributed by atoms with Crippen LogP contribution in [-0.4, -0.2) is 28.0 Å². The van der Waals surface area contributed by atoms with Gasteiger partial charge >= 0.3 is 35.3 Å². The van der Waals surface area contributed by atoms with Crippen LogP contribution in [0.15, 0.2) is 0 Å². The van der Waals surface area contributed by atoms with E-state index >= 15 is 0 Å². The van der Waals surface area contributed by atoms with Crippen LogP contribution in [0.3, 0.4) is 0 Å². The van der Waals surface area contributed by atoms with Crippen molar-refractivity contribution in [2.24, 2.45) is 0 Å². The van der Waals surface area contributed by atoms with E-state index in [9.17, 15) is 0 Å². The maximum atomic E-state index is 8.23. The van der Waals surface area contributed by atoms with E-state index < -0.39 is 7.28 Å².